The maximum absolute atomic E-state index is 11.8. The van der Waals surface area contributed by atoms with E-state index >= 15 is 0 Å². The van der Waals surface area contributed by atoms with Gasteiger partial charge in [-0.25, -0.2) is 9.78 Å². The zero-order valence-corrected chi connectivity index (χ0v) is 14.4. The molecule has 1 amide bonds. The van der Waals surface area contributed by atoms with Crippen molar-refractivity contribution in [1.82, 2.24) is 9.55 Å². The highest BCUT2D eigenvalue weighted by Crippen LogP contribution is 2.28. The number of esters is 1. The molecule has 0 fully saturated rings. The first-order valence-electron chi connectivity index (χ1n) is 7.62. The number of hydrogen-bond donors (Lipinski definition) is 1. The second kappa shape index (κ2) is 7.41. The van der Waals surface area contributed by atoms with Crippen LogP contribution in [0.4, 0.5) is 0 Å². The van der Waals surface area contributed by atoms with Crippen molar-refractivity contribution >= 4 is 23.2 Å². The molecule has 0 atom stereocenters. The Balaban J connectivity index is 2.43. The number of aromatic nitrogens is 2. The van der Waals surface area contributed by atoms with Crippen LogP contribution in [0, 0.1) is 6.92 Å². The van der Waals surface area contributed by atoms with Gasteiger partial charge in [-0.05, 0) is 26.3 Å². The van der Waals surface area contributed by atoms with Crippen molar-refractivity contribution in [2.75, 3.05) is 6.61 Å². The number of hydrogen-bond acceptors (Lipinski definition) is 5. The van der Waals surface area contributed by atoms with E-state index in [1.807, 2.05) is 11.5 Å². The number of thiazole rings is 1. The number of carbonyl (C=O) groups is 2. The van der Waals surface area contributed by atoms with Gasteiger partial charge < -0.3 is 15.0 Å². The average molecular weight is 335 g/mol. The standard InChI is InChI=1S/C16H21N3O3S/c1-4-6-7-19-10(3)11(14(17)20)8-13(19)12-9-23-15(18-12)16(21)22-5-2/h8-9H,4-7H2,1-3H3,(H2,17,20). The van der Waals surface area contributed by atoms with Crippen LogP contribution < -0.4 is 5.73 Å². The lowest BCUT2D eigenvalue weighted by molar-refractivity contribution is 0.0526. The number of carbonyl (C=O) groups excluding carboxylic acids is 2. The highest BCUT2D eigenvalue weighted by Gasteiger charge is 2.20. The zero-order chi connectivity index (χ0) is 17.0. The normalized spacial score (nSPS) is 10.7. The van der Waals surface area contributed by atoms with E-state index in [-0.39, 0.29) is 0 Å². The lowest BCUT2D eigenvalue weighted by Crippen LogP contribution is -2.12. The van der Waals surface area contributed by atoms with Crippen LogP contribution in [0.25, 0.3) is 11.4 Å². The van der Waals surface area contributed by atoms with E-state index in [0.29, 0.717) is 22.9 Å². The third-order valence-electron chi connectivity index (χ3n) is 3.58. The van der Waals surface area contributed by atoms with Crippen LogP contribution in [0.15, 0.2) is 11.4 Å². The number of primary amides is 1. The van der Waals surface area contributed by atoms with Crippen LogP contribution in [0.2, 0.25) is 0 Å². The van der Waals surface area contributed by atoms with E-state index in [0.717, 1.165) is 30.8 Å². The molecular formula is C16H21N3O3S. The van der Waals surface area contributed by atoms with Gasteiger partial charge in [0, 0.05) is 17.6 Å². The van der Waals surface area contributed by atoms with Crippen LogP contribution >= 0.6 is 11.3 Å². The zero-order valence-electron chi connectivity index (χ0n) is 13.6. The first-order valence-corrected chi connectivity index (χ1v) is 8.50. The minimum atomic E-state index is -0.458. The molecule has 0 spiro atoms. The Bertz CT molecular complexity index is 718. The largest absolute Gasteiger partial charge is 0.461 e. The van der Waals surface area contributed by atoms with Crippen molar-refractivity contribution < 1.29 is 14.3 Å². The van der Waals surface area contributed by atoms with E-state index in [1.165, 1.54) is 11.3 Å². The number of ether oxygens (including phenoxy) is 1. The third-order valence-corrected chi connectivity index (χ3v) is 4.41. The summed E-state index contributed by atoms with van der Waals surface area (Å²) in [5.41, 5.74) is 8.23. The van der Waals surface area contributed by atoms with Crippen molar-refractivity contribution in [3.63, 3.8) is 0 Å². The SMILES string of the molecule is CCCCn1c(-c2csc(C(=O)OCC)n2)cc(C(N)=O)c1C. The van der Waals surface area contributed by atoms with Gasteiger partial charge in [-0.15, -0.1) is 11.3 Å². The summed E-state index contributed by atoms with van der Waals surface area (Å²) in [4.78, 5) is 27.7. The Kier molecular flexibility index (Phi) is 5.54. The van der Waals surface area contributed by atoms with Gasteiger partial charge in [-0.1, -0.05) is 13.3 Å². The Morgan fingerprint density at radius 2 is 2.13 bits per heavy atom. The second-order valence-corrected chi connectivity index (χ2v) is 6.01. The predicted octanol–water partition coefficient (Wildman–Crippen LogP) is 3.00. The van der Waals surface area contributed by atoms with Crippen LogP contribution in [0.5, 0.6) is 0 Å². The summed E-state index contributed by atoms with van der Waals surface area (Å²) in [5, 5.41) is 2.11. The number of rotatable bonds is 7. The molecule has 0 bridgehead atoms. The molecule has 6 nitrogen and oxygen atoms in total. The van der Waals surface area contributed by atoms with Crippen molar-refractivity contribution in [2.45, 2.75) is 40.2 Å². The number of amides is 1. The molecule has 0 aliphatic rings. The Morgan fingerprint density at radius 3 is 2.74 bits per heavy atom. The molecule has 2 aromatic rings. The molecule has 0 saturated heterocycles. The lowest BCUT2D eigenvalue weighted by atomic mass is 10.2. The first-order chi connectivity index (χ1) is 11.0. The molecule has 0 saturated carbocycles. The van der Waals surface area contributed by atoms with E-state index in [2.05, 4.69) is 11.9 Å². The minimum Gasteiger partial charge on any atom is -0.461 e. The van der Waals surface area contributed by atoms with E-state index in [1.54, 1.807) is 18.4 Å². The molecule has 2 aromatic heterocycles. The van der Waals surface area contributed by atoms with E-state index in [9.17, 15) is 9.59 Å². The smallest absolute Gasteiger partial charge is 0.367 e. The quantitative estimate of drug-likeness (QED) is 0.788. The van der Waals surface area contributed by atoms with E-state index < -0.39 is 11.9 Å². The van der Waals surface area contributed by atoms with Crippen LogP contribution in [-0.4, -0.2) is 28.0 Å². The molecule has 0 aliphatic carbocycles. The minimum absolute atomic E-state index is 0.309. The van der Waals surface area contributed by atoms with Gasteiger partial charge in [0.25, 0.3) is 5.91 Å². The fourth-order valence-corrected chi connectivity index (χ4v) is 3.09. The van der Waals surface area contributed by atoms with Gasteiger partial charge in [0.15, 0.2) is 0 Å². The molecule has 2 heterocycles. The van der Waals surface area contributed by atoms with Gasteiger partial charge in [0.05, 0.1) is 23.6 Å². The Morgan fingerprint density at radius 1 is 1.39 bits per heavy atom. The summed E-state index contributed by atoms with van der Waals surface area (Å²) in [6.45, 7) is 6.82. The number of nitrogens with two attached hydrogens (primary N) is 1. The first kappa shape index (κ1) is 17.2. The number of unbranched alkanes of at least 4 members (excludes halogenated alkanes) is 1. The third kappa shape index (κ3) is 3.61. The molecule has 0 unspecified atom stereocenters. The van der Waals surface area contributed by atoms with Crippen LogP contribution in [-0.2, 0) is 11.3 Å². The summed E-state index contributed by atoms with van der Waals surface area (Å²) in [6.07, 6.45) is 2.02. The molecule has 0 radical (unpaired) electrons. The Hall–Kier alpha value is -2.15. The molecule has 23 heavy (non-hydrogen) atoms. The molecule has 0 aliphatic heterocycles. The van der Waals surface area contributed by atoms with Gasteiger partial charge in [-0.2, -0.15) is 0 Å². The van der Waals surface area contributed by atoms with Gasteiger partial charge >= 0.3 is 5.97 Å². The fraction of sp³-hybridized carbons (Fsp3) is 0.438. The molecular weight excluding hydrogens is 314 g/mol. The predicted molar refractivity (Wildman–Crippen MR) is 89.7 cm³/mol. The summed E-state index contributed by atoms with van der Waals surface area (Å²) in [7, 11) is 0. The summed E-state index contributed by atoms with van der Waals surface area (Å²) >= 11 is 1.23. The summed E-state index contributed by atoms with van der Waals surface area (Å²) in [6, 6.07) is 1.75. The van der Waals surface area contributed by atoms with Crippen molar-refractivity contribution in [3.8, 4) is 11.4 Å². The topological polar surface area (TPSA) is 87.2 Å². The fourth-order valence-electron chi connectivity index (χ4n) is 2.39. The van der Waals surface area contributed by atoms with Crippen molar-refractivity contribution in [3.05, 3.63) is 27.7 Å². The molecule has 2 rings (SSSR count). The summed E-state index contributed by atoms with van der Waals surface area (Å²) in [5.74, 6) is -0.887. The summed E-state index contributed by atoms with van der Waals surface area (Å²) < 4.78 is 7.00. The molecule has 7 heteroatoms. The van der Waals surface area contributed by atoms with E-state index in [4.69, 9.17) is 10.5 Å². The lowest BCUT2D eigenvalue weighted by Gasteiger charge is -2.09. The number of nitrogens with zero attached hydrogens (tertiary/aromatic N) is 2. The van der Waals surface area contributed by atoms with Crippen LogP contribution in [0.1, 0.15) is 52.5 Å². The van der Waals surface area contributed by atoms with Crippen molar-refractivity contribution in [1.29, 1.82) is 0 Å². The average Bonchev–Trinajstić information content (AvgIpc) is 3.10. The van der Waals surface area contributed by atoms with Crippen molar-refractivity contribution in [2.24, 2.45) is 5.73 Å². The highest BCUT2D eigenvalue weighted by molar-refractivity contribution is 7.11. The van der Waals surface area contributed by atoms with Gasteiger partial charge in [-0.3, -0.25) is 4.79 Å². The second-order valence-electron chi connectivity index (χ2n) is 5.16. The van der Waals surface area contributed by atoms with Crippen LogP contribution in [0.3, 0.4) is 0 Å². The Labute approximate surface area is 139 Å². The van der Waals surface area contributed by atoms with Gasteiger partial charge in [0.1, 0.15) is 0 Å². The maximum Gasteiger partial charge on any atom is 0.367 e. The molecule has 2 N–H and O–H groups in total. The molecule has 0 aromatic carbocycles. The molecule has 124 valence electrons. The highest BCUT2D eigenvalue weighted by atomic mass is 32.1. The van der Waals surface area contributed by atoms with Gasteiger partial charge in [0.2, 0.25) is 5.01 Å². The monoisotopic (exact) mass is 335 g/mol. The maximum atomic E-state index is 11.8.